The zero-order chi connectivity index (χ0) is 17.1. The lowest BCUT2D eigenvalue weighted by atomic mass is 9.95. The van der Waals surface area contributed by atoms with Crippen LogP contribution in [0.1, 0.15) is 43.6 Å². The van der Waals surface area contributed by atoms with Crippen molar-refractivity contribution in [3.63, 3.8) is 0 Å². The maximum atomic E-state index is 13.0. The zero-order valence-corrected chi connectivity index (χ0v) is 13.8. The second-order valence-corrected chi connectivity index (χ2v) is 6.41. The van der Waals surface area contributed by atoms with Gasteiger partial charge in [0.25, 0.3) is 0 Å². The van der Waals surface area contributed by atoms with E-state index in [0.717, 1.165) is 18.4 Å². The molecule has 1 fully saturated rings. The number of urea groups is 1. The van der Waals surface area contributed by atoms with Crippen LogP contribution in [-0.2, 0) is 13.0 Å². The Morgan fingerprint density at radius 1 is 1.42 bits per heavy atom. The fourth-order valence-corrected chi connectivity index (χ4v) is 2.71. The Balaban J connectivity index is 1.53. The van der Waals surface area contributed by atoms with Crippen molar-refractivity contribution in [2.24, 2.45) is 5.92 Å². The standard InChI is InChI=1S/C17H21FN4O2/c1-11(2)9-16-20-15(21-24-16)10-19-17(23)22-8-7-14(22)12-3-5-13(18)6-4-12/h3-6,11,14H,7-10H2,1-2H3,(H,19,23). The highest BCUT2D eigenvalue weighted by Crippen LogP contribution is 2.33. The second kappa shape index (κ2) is 6.98. The van der Waals surface area contributed by atoms with Crippen LogP contribution >= 0.6 is 0 Å². The summed E-state index contributed by atoms with van der Waals surface area (Å²) in [4.78, 5) is 18.3. The molecule has 2 heterocycles. The summed E-state index contributed by atoms with van der Waals surface area (Å²) in [5, 5.41) is 6.68. The van der Waals surface area contributed by atoms with Crippen molar-refractivity contribution in [2.75, 3.05) is 6.54 Å². The van der Waals surface area contributed by atoms with E-state index >= 15 is 0 Å². The molecule has 6 nitrogen and oxygen atoms in total. The minimum absolute atomic E-state index is 0.00706. The van der Waals surface area contributed by atoms with Crippen LogP contribution in [-0.4, -0.2) is 27.6 Å². The van der Waals surface area contributed by atoms with Crippen molar-refractivity contribution in [3.8, 4) is 0 Å². The summed E-state index contributed by atoms with van der Waals surface area (Å²) in [6.45, 7) is 5.06. The lowest BCUT2D eigenvalue weighted by Crippen LogP contribution is -2.49. The first-order valence-electron chi connectivity index (χ1n) is 8.14. The number of carbonyl (C=O) groups is 1. The molecule has 0 radical (unpaired) electrons. The van der Waals surface area contributed by atoms with E-state index in [4.69, 9.17) is 4.52 Å². The fraction of sp³-hybridized carbons (Fsp3) is 0.471. The van der Waals surface area contributed by atoms with Crippen LogP contribution in [0.2, 0.25) is 0 Å². The van der Waals surface area contributed by atoms with Gasteiger partial charge in [-0.1, -0.05) is 31.1 Å². The molecule has 2 aromatic rings. The van der Waals surface area contributed by atoms with E-state index in [2.05, 4.69) is 29.3 Å². The molecule has 1 aromatic heterocycles. The molecule has 1 unspecified atom stereocenters. The van der Waals surface area contributed by atoms with Crippen LogP contribution in [0.15, 0.2) is 28.8 Å². The Bertz CT molecular complexity index is 699. The number of nitrogens with one attached hydrogen (secondary N) is 1. The monoisotopic (exact) mass is 332 g/mol. The molecule has 1 aliphatic heterocycles. The summed E-state index contributed by atoms with van der Waals surface area (Å²) in [5.74, 6) is 1.22. The highest BCUT2D eigenvalue weighted by molar-refractivity contribution is 5.75. The third-order valence-electron chi connectivity index (χ3n) is 4.03. The van der Waals surface area contributed by atoms with E-state index in [0.29, 0.717) is 24.2 Å². The topological polar surface area (TPSA) is 71.3 Å². The summed E-state index contributed by atoms with van der Waals surface area (Å²) in [6.07, 6.45) is 1.60. The minimum atomic E-state index is -0.275. The van der Waals surface area contributed by atoms with Crippen molar-refractivity contribution < 1.29 is 13.7 Å². The molecule has 1 N–H and O–H groups in total. The van der Waals surface area contributed by atoms with Crippen molar-refractivity contribution >= 4 is 6.03 Å². The van der Waals surface area contributed by atoms with Crippen molar-refractivity contribution in [1.82, 2.24) is 20.4 Å². The number of amides is 2. The molecule has 7 heteroatoms. The molecule has 0 spiro atoms. The minimum Gasteiger partial charge on any atom is -0.339 e. The smallest absolute Gasteiger partial charge is 0.318 e. The summed E-state index contributed by atoms with van der Waals surface area (Å²) in [5.41, 5.74) is 0.941. The predicted molar refractivity (Wildman–Crippen MR) is 85.5 cm³/mol. The van der Waals surface area contributed by atoms with Gasteiger partial charge < -0.3 is 14.7 Å². The number of halogens is 1. The van der Waals surface area contributed by atoms with Gasteiger partial charge >= 0.3 is 6.03 Å². The summed E-state index contributed by atoms with van der Waals surface area (Å²) < 4.78 is 18.2. The fourth-order valence-electron chi connectivity index (χ4n) is 2.71. The number of aromatic nitrogens is 2. The zero-order valence-electron chi connectivity index (χ0n) is 13.8. The Labute approximate surface area is 140 Å². The molecule has 1 saturated heterocycles. The number of carbonyl (C=O) groups excluding carboxylic acids is 1. The number of likely N-dealkylation sites (tertiary alicyclic amines) is 1. The van der Waals surface area contributed by atoms with Crippen molar-refractivity contribution in [2.45, 2.75) is 39.3 Å². The van der Waals surface area contributed by atoms with Gasteiger partial charge in [0.1, 0.15) is 5.82 Å². The van der Waals surface area contributed by atoms with Crippen LogP contribution in [0.5, 0.6) is 0 Å². The molecule has 24 heavy (non-hydrogen) atoms. The average molecular weight is 332 g/mol. The van der Waals surface area contributed by atoms with Crippen LogP contribution < -0.4 is 5.32 Å². The predicted octanol–water partition coefficient (Wildman–Crippen LogP) is 3.06. The Hall–Kier alpha value is -2.44. The molecule has 2 amide bonds. The van der Waals surface area contributed by atoms with Gasteiger partial charge in [-0.15, -0.1) is 0 Å². The lowest BCUT2D eigenvalue weighted by Gasteiger charge is -2.41. The maximum Gasteiger partial charge on any atom is 0.318 e. The SMILES string of the molecule is CC(C)Cc1nc(CNC(=O)N2CCC2c2ccc(F)cc2)no1. The van der Waals surface area contributed by atoms with Gasteiger partial charge in [0.05, 0.1) is 12.6 Å². The van der Waals surface area contributed by atoms with Crippen LogP contribution in [0.4, 0.5) is 9.18 Å². The third-order valence-corrected chi connectivity index (χ3v) is 4.03. The quantitative estimate of drug-likeness (QED) is 0.913. The van der Waals surface area contributed by atoms with E-state index in [1.807, 2.05) is 0 Å². The number of benzene rings is 1. The van der Waals surface area contributed by atoms with E-state index < -0.39 is 0 Å². The average Bonchev–Trinajstić information content (AvgIpc) is 2.93. The maximum absolute atomic E-state index is 13.0. The van der Waals surface area contributed by atoms with Gasteiger partial charge in [-0.3, -0.25) is 0 Å². The van der Waals surface area contributed by atoms with Crippen LogP contribution in [0, 0.1) is 11.7 Å². The molecule has 128 valence electrons. The summed E-state index contributed by atoms with van der Waals surface area (Å²) >= 11 is 0. The molecule has 3 rings (SSSR count). The summed E-state index contributed by atoms with van der Waals surface area (Å²) in [7, 11) is 0. The van der Waals surface area contributed by atoms with E-state index in [1.165, 1.54) is 12.1 Å². The van der Waals surface area contributed by atoms with E-state index in [1.54, 1.807) is 17.0 Å². The van der Waals surface area contributed by atoms with E-state index in [-0.39, 0.29) is 24.4 Å². The molecule has 1 aliphatic rings. The highest BCUT2D eigenvalue weighted by Gasteiger charge is 2.33. The number of nitrogens with zero attached hydrogens (tertiary/aromatic N) is 3. The largest absolute Gasteiger partial charge is 0.339 e. The molecule has 1 aromatic carbocycles. The van der Waals surface area contributed by atoms with Crippen LogP contribution in [0.3, 0.4) is 0 Å². The Morgan fingerprint density at radius 2 is 2.17 bits per heavy atom. The van der Waals surface area contributed by atoms with Crippen molar-refractivity contribution in [3.05, 3.63) is 47.4 Å². The van der Waals surface area contributed by atoms with Gasteiger partial charge in [0.15, 0.2) is 5.82 Å². The Kier molecular flexibility index (Phi) is 4.78. The normalized spacial score (nSPS) is 17.0. The van der Waals surface area contributed by atoms with Gasteiger partial charge in [0, 0.05) is 13.0 Å². The van der Waals surface area contributed by atoms with Gasteiger partial charge in [-0.25, -0.2) is 9.18 Å². The summed E-state index contributed by atoms with van der Waals surface area (Å²) in [6, 6.07) is 6.09. The molecular weight excluding hydrogens is 311 g/mol. The van der Waals surface area contributed by atoms with Gasteiger partial charge in [-0.05, 0) is 30.0 Å². The van der Waals surface area contributed by atoms with Crippen molar-refractivity contribution in [1.29, 1.82) is 0 Å². The first-order chi connectivity index (χ1) is 11.5. The first kappa shape index (κ1) is 16.4. The number of hydrogen-bond acceptors (Lipinski definition) is 4. The van der Waals surface area contributed by atoms with E-state index in [9.17, 15) is 9.18 Å². The Morgan fingerprint density at radius 3 is 2.79 bits per heavy atom. The second-order valence-electron chi connectivity index (χ2n) is 6.41. The lowest BCUT2D eigenvalue weighted by molar-refractivity contribution is 0.115. The molecule has 0 aliphatic carbocycles. The first-order valence-corrected chi connectivity index (χ1v) is 8.14. The molecule has 1 atom stereocenters. The highest BCUT2D eigenvalue weighted by atomic mass is 19.1. The number of hydrogen-bond donors (Lipinski definition) is 1. The third kappa shape index (κ3) is 3.72. The molecule has 0 bridgehead atoms. The van der Waals surface area contributed by atoms with Gasteiger partial charge in [0.2, 0.25) is 5.89 Å². The number of rotatable bonds is 5. The van der Waals surface area contributed by atoms with Gasteiger partial charge in [-0.2, -0.15) is 4.98 Å². The molecular formula is C17H21FN4O2. The molecule has 0 saturated carbocycles. The van der Waals surface area contributed by atoms with Crippen LogP contribution in [0.25, 0.3) is 0 Å².